The van der Waals surface area contributed by atoms with Gasteiger partial charge in [0.2, 0.25) is 0 Å². The highest BCUT2D eigenvalue weighted by atomic mass is 16.6. The van der Waals surface area contributed by atoms with Crippen molar-refractivity contribution in [3.05, 3.63) is 72.9 Å². The maximum Gasteiger partial charge on any atom is 0.306 e. The molecule has 0 rings (SSSR count). The zero-order valence-electron chi connectivity index (χ0n) is 39.9. The number of allylic oxidation sites excluding steroid dienone is 12. The molecule has 0 N–H and O–H groups in total. The quantitative estimate of drug-likeness (QED) is 0.0263. The first-order valence-corrected chi connectivity index (χ1v) is 25.4. The van der Waals surface area contributed by atoms with Crippen molar-refractivity contribution in [2.45, 2.75) is 245 Å². The zero-order valence-corrected chi connectivity index (χ0v) is 39.9. The number of unbranched alkanes of at least 4 members (excludes halogenated alkanes) is 22. The fourth-order valence-electron chi connectivity index (χ4n) is 6.84. The Morgan fingerprint density at radius 3 is 1.08 bits per heavy atom. The van der Waals surface area contributed by atoms with E-state index < -0.39 is 6.10 Å². The van der Waals surface area contributed by atoms with Crippen LogP contribution in [0.3, 0.4) is 0 Å². The van der Waals surface area contributed by atoms with Gasteiger partial charge in [-0.1, -0.05) is 190 Å². The van der Waals surface area contributed by atoms with Crippen LogP contribution in [-0.4, -0.2) is 37.2 Å². The number of carbonyl (C=O) groups is 3. The molecule has 0 aromatic heterocycles. The third-order valence-electron chi connectivity index (χ3n) is 10.6. The number of rotatable bonds is 45. The Balaban J connectivity index is 4.39. The molecule has 1 atom stereocenters. The molecule has 0 aromatic carbocycles. The van der Waals surface area contributed by atoms with Gasteiger partial charge in [-0.05, 0) is 103 Å². The molecule has 0 saturated heterocycles. The Hall–Kier alpha value is -3.15. The van der Waals surface area contributed by atoms with Crippen LogP contribution >= 0.6 is 0 Å². The average molecular weight is 851 g/mol. The van der Waals surface area contributed by atoms with Gasteiger partial charge in [0.1, 0.15) is 13.2 Å². The molecule has 0 aliphatic carbocycles. The Labute approximate surface area is 376 Å². The maximum atomic E-state index is 12.8. The smallest absolute Gasteiger partial charge is 0.306 e. The molecule has 350 valence electrons. The predicted molar refractivity (Wildman–Crippen MR) is 261 cm³/mol. The van der Waals surface area contributed by atoms with Crippen LogP contribution in [0.25, 0.3) is 0 Å². The summed E-state index contributed by atoms with van der Waals surface area (Å²) in [4.78, 5) is 37.9. The summed E-state index contributed by atoms with van der Waals surface area (Å²) in [6.45, 7) is 6.42. The van der Waals surface area contributed by atoms with Crippen LogP contribution in [-0.2, 0) is 28.6 Å². The third kappa shape index (κ3) is 47.7. The topological polar surface area (TPSA) is 78.9 Å². The van der Waals surface area contributed by atoms with Crippen LogP contribution < -0.4 is 0 Å². The molecule has 6 nitrogen and oxygen atoms in total. The van der Waals surface area contributed by atoms with Crippen molar-refractivity contribution in [3.63, 3.8) is 0 Å². The van der Waals surface area contributed by atoms with Crippen molar-refractivity contribution in [1.29, 1.82) is 0 Å². The van der Waals surface area contributed by atoms with E-state index in [2.05, 4.69) is 93.7 Å². The first kappa shape index (κ1) is 57.9. The second-order valence-electron chi connectivity index (χ2n) is 16.7. The molecule has 0 amide bonds. The fraction of sp³-hybridized carbons (Fsp3) is 0.727. The summed E-state index contributed by atoms with van der Waals surface area (Å²) in [5, 5.41) is 0. The highest BCUT2D eigenvalue weighted by Crippen LogP contribution is 2.14. The van der Waals surface area contributed by atoms with Crippen molar-refractivity contribution in [2.24, 2.45) is 0 Å². The monoisotopic (exact) mass is 851 g/mol. The molecule has 0 radical (unpaired) electrons. The highest BCUT2D eigenvalue weighted by Gasteiger charge is 2.19. The zero-order chi connectivity index (χ0) is 44.4. The lowest BCUT2D eigenvalue weighted by Gasteiger charge is -2.18. The molecule has 0 fully saturated rings. The van der Waals surface area contributed by atoms with Crippen LogP contribution in [0.15, 0.2) is 72.9 Å². The van der Waals surface area contributed by atoms with E-state index in [1.54, 1.807) is 0 Å². The summed E-state index contributed by atoms with van der Waals surface area (Å²) in [5.74, 6) is -0.923. The predicted octanol–water partition coefficient (Wildman–Crippen LogP) is 16.6. The lowest BCUT2D eigenvalue weighted by atomic mass is 10.1. The van der Waals surface area contributed by atoms with Crippen molar-refractivity contribution >= 4 is 17.9 Å². The molecule has 0 heterocycles. The minimum absolute atomic E-state index is 0.0893. The normalized spacial score (nSPS) is 12.6. The van der Waals surface area contributed by atoms with Crippen LogP contribution in [0, 0.1) is 0 Å². The van der Waals surface area contributed by atoms with Crippen molar-refractivity contribution in [3.8, 4) is 0 Å². The Morgan fingerprint density at radius 2 is 0.672 bits per heavy atom. The molecule has 0 bridgehead atoms. The first-order chi connectivity index (χ1) is 30.0. The van der Waals surface area contributed by atoms with E-state index in [0.717, 1.165) is 122 Å². The first-order valence-electron chi connectivity index (χ1n) is 25.4. The van der Waals surface area contributed by atoms with E-state index in [1.165, 1.54) is 77.0 Å². The lowest BCUT2D eigenvalue weighted by molar-refractivity contribution is -0.167. The molecule has 61 heavy (non-hydrogen) atoms. The van der Waals surface area contributed by atoms with Crippen LogP contribution in [0.1, 0.15) is 239 Å². The molecule has 6 heteroatoms. The summed E-state index contributed by atoms with van der Waals surface area (Å²) < 4.78 is 16.7. The Bertz CT molecular complexity index is 1160. The molecule has 0 aliphatic heterocycles. The Morgan fingerprint density at radius 1 is 0.344 bits per heavy atom. The van der Waals surface area contributed by atoms with Crippen molar-refractivity contribution < 1.29 is 28.6 Å². The fourth-order valence-corrected chi connectivity index (χ4v) is 6.84. The van der Waals surface area contributed by atoms with Gasteiger partial charge in [-0.3, -0.25) is 14.4 Å². The van der Waals surface area contributed by atoms with Gasteiger partial charge < -0.3 is 14.2 Å². The van der Waals surface area contributed by atoms with Gasteiger partial charge in [0, 0.05) is 19.3 Å². The molecular formula is C55H94O6. The lowest BCUT2D eigenvalue weighted by Crippen LogP contribution is -2.30. The third-order valence-corrected chi connectivity index (χ3v) is 10.6. The molecule has 0 saturated carbocycles. The number of ether oxygens (including phenoxy) is 3. The van der Waals surface area contributed by atoms with E-state index in [-0.39, 0.29) is 31.1 Å². The molecule has 1 unspecified atom stereocenters. The summed E-state index contributed by atoms with van der Waals surface area (Å²) in [6, 6.07) is 0. The minimum atomic E-state index is -0.789. The number of hydrogen-bond acceptors (Lipinski definition) is 6. The van der Waals surface area contributed by atoms with Gasteiger partial charge >= 0.3 is 17.9 Å². The van der Waals surface area contributed by atoms with E-state index in [9.17, 15) is 14.4 Å². The second-order valence-corrected chi connectivity index (χ2v) is 16.7. The molecule has 0 aliphatic rings. The van der Waals surface area contributed by atoms with Crippen molar-refractivity contribution in [2.75, 3.05) is 13.2 Å². The van der Waals surface area contributed by atoms with E-state index in [4.69, 9.17) is 14.2 Å². The highest BCUT2D eigenvalue weighted by molar-refractivity contribution is 5.71. The van der Waals surface area contributed by atoms with Gasteiger partial charge in [0.05, 0.1) is 0 Å². The van der Waals surface area contributed by atoms with Gasteiger partial charge in [0.25, 0.3) is 0 Å². The van der Waals surface area contributed by atoms with E-state index >= 15 is 0 Å². The van der Waals surface area contributed by atoms with Crippen LogP contribution in [0.4, 0.5) is 0 Å². The SMILES string of the molecule is CC/C=C\C/C=C\C/C=C\CCCCCCCCCC(=O)OCC(COC(=O)CCCCCCC/C=C\CCC)OC(=O)CCCCCCC/C=C\C/C=C\CCCCCC. The minimum Gasteiger partial charge on any atom is -0.462 e. The maximum absolute atomic E-state index is 12.8. The summed E-state index contributed by atoms with van der Waals surface area (Å²) in [7, 11) is 0. The largest absolute Gasteiger partial charge is 0.462 e. The average Bonchev–Trinajstić information content (AvgIpc) is 3.26. The number of carbonyl (C=O) groups excluding carboxylic acids is 3. The van der Waals surface area contributed by atoms with Crippen LogP contribution in [0.2, 0.25) is 0 Å². The van der Waals surface area contributed by atoms with Crippen molar-refractivity contribution in [1.82, 2.24) is 0 Å². The molecule has 0 aromatic rings. The van der Waals surface area contributed by atoms with Gasteiger partial charge in [-0.25, -0.2) is 0 Å². The molecular weight excluding hydrogens is 757 g/mol. The summed E-state index contributed by atoms with van der Waals surface area (Å²) in [6.07, 6.45) is 61.7. The standard InChI is InChI=1S/C55H94O6/c1-4-7-10-13-16-19-22-24-26-28-30-31-33-36-39-42-45-48-54(57)60-51-52(50-59-53(56)47-44-41-38-35-21-18-15-12-9-6-3)61-55(58)49-46-43-40-37-34-32-29-27-25-23-20-17-14-11-8-5-2/h7,10,12,15-16,19-20,23-24,26-27,29,52H,4-6,8-9,11,13-14,17-18,21-22,25,28,30-51H2,1-3H3/b10-7-,15-12-,19-16-,23-20-,26-24-,29-27-. The van der Waals surface area contributed by atoms with E-state index in [0.29, 0.717) is 19.3 Å². The van der Waals surface area contributed by atoms with Gasteiger partial charge in [0.15, 0.2) is 6.10 Å². The number of hydrogen-bond donors (Lipinski definition) is 0. The van der Waals surface area contributed by atoms with Crippen LogP contribution in [0.5, 0.6) is 0 Å². The molecule has 0 spiro atoms. The van der Waals surface area contributed by atoms with E-state index in [1.807, 2.05) is 0 Å². The van der Waals surface area contributed by atoms with Gasteiger partial charge in [-0.2, -0.15) is 0 Å². The Kier molecular flexibility index (Phi) is 46.9. The summed E-state index contributed by atoms with van der Waals surface area (Å²) in [5.41, 5.74) is 0. The van der Waals surface area contributed by atoms with Gasteiger partial charge in [-0.15, -0.1) is 0 Å². The summed E-state index contributed by atoms with van der Waals surface area (Å²) >= 11 is 0. The number of esters is 3. The second kappa shape index (κ2) is 49.5.